The van der Waals surface area contributed by atoms with Gasteiger partial charge in [-0.2, -0.15) is 0 Å². The molecule has 4 rings (SSSR count). The van der Waals surface area contributed by atoms with Crippen LogP contribution in [-0.4, -0.2) is 33.8 Å². The minimum Gasteiger partial charge on any atom is -0.369 e. The molecule has 2 N–H and O–H groups in total. The predicted octanol–water partition coefficient (Wildman–Crippen LogP) is 4.49. The van der Waals surface area contributed by atoms with Gasteiger partial charge in [-0.1, -0.05) is 44.0 Å². The lowest BCUT2D eigenvalue weighted by Crippen LogP contribution is -2.52. The molecular formula is C26H27N5OS. The molecule has 0 bridgehead atoms. The van der Waals surface area contributed by atoms with Gasteiger partial charge in [0.25, 0.3) is 0 Å². The number of carbonyl (C=O) groups is 1. The summed E-state index contributed by atoms with van der Waals surface area (Å²) in [5.74, 6) is 5.90. The Hall–Kier alpha value is -3.50. The largest absolute Gasteiger partial charge is 0.369 e. The summed E-state index contributed by atoms with van der Waals surface area (Å²) in [5, 5.41) is 2.03. The third-order valence-electron chi connectivity index (χ3n) is 6.08. The van der Waals surface area contributed by atoms with Crippen molar-refractivity contribution in [2.75, 3.05) is 7.05 Å². The number of aromatic nitrogens is 2. The highest BCUT2D eigenvalue weighted by Crippen LogP contribution is 2.47. The number of nitrogens with zero attached hydrogens (tertiary/aromatic N) is 4. The van der Waals surface area contributed by atoms with Crippen molar-refractivity contribution < 1.29 is 4.79 Å². The van der Waals surface area contributed by atoms with Crippen molar-refractivity contribution in [3.05, 3.63) is 69.8 Å². The SMILES string of the molecule is CC#Cc1cc(-c2csc([C@@]3(C)N=C(N)N(C)C(=O)[C@@H]3c3ccc(C(C)C)cc3)c2)ncn1. The van der Waals surface area contributed by atoms with Crippen molar-refractivity contribution >= 4 is 23.2 Å². The molecule has 168 valence electrons. The van der Waals surface area contributed by atoms with Gasteiger partial charge in [0.15, 0.2) is 5.96 Å². The fourth-order valence-corrected chi connectivity index (χ4v) is 5.15. The van der Waals surface area contributed by atoms with Crippen LogP contribution in [0.4, 0.5) is 0 Å². The molecule has 0 aliphatic carbocycles. The number of hydrogen-bond donors (Lipinski definition) is 1. The van der Waals surface area contributed by atoms with Crippen molar-refractivity contribution in [3.63, 3.8) is 0 Å². The van der Waals surface area contributed by atoms with Gasteiger partial charge in [0.05, 0.1) is 11.6 Å². The van der Waals surface area contributed by atoms with Crippen LogP contribution in [0.5, 0.6) is 0 Å². The molecule has 0 saturated carbocycles. The van der Waals surface area contributed by atoms with Crippen molar-refractivity contribution in [1.29, 1.82) is 0 Å². The van der Waals surface area contributed by atoms with E-state index in [4.69, 9.17) is 10.7 Å². The quantitative estimate of drug-likeness (QED) is 0.585. The van der Waals surface area contributed by atoms with Crippen molar-refractivity contribution in [2.45, 2.75) is 45.1 Å². The number of rotatable bonds is 4. The monoisotopic (exact) mass is 457 g/mol. The van der Waals surface area contributed by atoms with E-state index in [1.807, 2.05) is 36.6 Å². The van der Waals surface area contributed by atoms with Gasteiger partial charge in [0.2, 0.25) is 5.91 Å². The highest BCUT2D eigenvalue weighted by atomic mass is 32.1. The maximum atomic E-state index is 13.5. The summed E-state index contributed by atoms with van der Waals surface area (Å²) in [6, 6.07) is 12.2. The van der Waals surface area contributed by atoms with E-state index in [0.717, 1.165) is 21.7 Å². The topological polar surface area (TPSA) is 84.5 Å². The van der Waals surface area contributed by atoms with E-state index in [1.165, 1.54) is 16.8 Å². The van der Waals surface area contributed by atoms with Crippen molar-refractivity contribution in [2.24, 2.45) is 10.7 Å². The molecule has 0 fully saturated rings. The maximum Gasteiger partial charge on any atom is 0.239 e. The first-order chi connectivity index (χ1) is 15.7. The Morgan fingerprint density at radius 2 is 1.91 bits per heavy atom. The van der Waals surface area contributed by atoms with Gasteiger partial charge >= 0.3 is 0 Å². The number of aliphatic imine (C=N–C) groups is 1. The van der Waals surface area contributed by atoms with E-state index in [2.05, 4.69) is 47.8 Å². The third kappa shape index (κ3) is 4.14. The molecule has 1 aromatic carbocycles. The highest BCUT2D eigenvalue weighted by molar-refractivity contribution is 7.10. The van der Waals surface area contributed by atoms with E-state index in [1.54, 1.807) is 25.3 Å². The van der Waals surface area contributed by atoms with Crippen molar-refractivity contribution in [1.82, 2.24) is 14.9 Å². The van der Waals surface area contributed by atoms with Crippen LogP contribution in [0, 0.1) is 11.8 Å². The summed E-state index contributed by atoms with van der Waals surface area (Å²) in [4.78, 5) is 29.3. The second-order valence-electron chi connectivity index (χ2n) is 8.63. The lowest BCUT2D eigenvalue weighted by atomic mass is 9.77. The van der Waals surface area contributed by atoms with Gasteiger partial charge in [-0.25, -0.2) is 15.0 Å². The summed E-state index contributed by atoms with van der Waals surface area (Å²) in [6.07, 6.45) is 1.52. The summed E-state index contributed by atoms with van der Waals surface area (Å²) in [5.41, 5.74) is 9.88. The fourth-order valence-electron chi connectivity index (χ4n) is 4.11. The average Bonchev–Trinajstić information content (AvgIpc) is 3.30. The normalized spacial score (nSPS) is 20.4. The van der Waals surface area contributed by atoms with Crippen LogP contribution >= 0.6 is 11.3 Å². The molecule has 2 aromatic heterocycles. The number of nitrogens with two attached hydrogens (primary N) is 1. The molecule has 0 spiro atoms. The molecule has 0 unspecified atom stereocenters. The zero-order valence-corrected chi connectivity index (χ0v) is 20.3. The molecule has 1 aliphatic heterocycles. The Bertz CT molecular complexity index is 1280. The zero-order chi connectivity index (χ0) is 23.8. The first-order valence-electron chi connectivity index (χ1n) is 10.8. The Morgan fingerprint density at radius 3 is 2.58 bits per heavy atom. The van der Waals surface area contributed by atoms with Gasteiger partial charge in [0, 0.05) is 22.9 Å². The number of carbonyl (C=O) groups excluding carboxylic acids is 1. The second-order valence-corrected chi connectivity index (χ2v) is 9.54. The Balaban J connectivity index is 1.80. The molecule has 0 radical (unpaired) electrons. The Kier molecular flexibility index (Phi) is 6.05. The van der Waals surface area contributed by atoms with Crippen LogP contribution in [0.25, 0.3) is 11.3 Å². The van der Waals surface area contributed by atoms with Gasteiger partial charge in [0.1, 0.15) is 17.6 Å². The minimum atomic E-state index is -0.838. The number of benzene rings is 1. The van der Waals surface area contributed by atoms with E-state index >= 15 is 0 Å². The Labute approximate surface area is 198 Å². The summed E-state index contributed by atoms with van der Waals surface area (Å²) >= 11 is 1.55. The predicted molar refractivity (Wildman–Crippen MR) is 133 cm³/mol. The molecular weight excluding hydrogens is 430 g/mol. The summed E-state index contributed by atoms with van der Waals surface area (Å²) in [6.45, 7) is 8.07. The molecule has 33 heavy (non-hydrogen) atoms. The molecule has 6 nitrogen and oxygen atoms in total. The molecule has 1 aliphatic rings. The standard InChI is InChI=1S/C26H27N5OS/c1-6-7-20-13-21(29-15-28-20)19-12-22(33-14-19)26(4)23(24(32)31(5)25(27)30-26)18-10-8-17(9-11-18)16(2)3/h8-16,23H,1-5H3,(H2,27,30)/t23-,26+/m0/s1. The van der Waals surface area contributed by atoms with Gasteiger partial charge in [-0.05, 0) is 48.9 Å². The smallest absolute Gasteiger partial charge is 0.239 e. The zero-order valence-electron chi connectivity index (χ0n) is 19.5. The van der Waals surface area contributed by atoms with E-state index in [9.17, 15) is 4.79 Å². The number of likely N-dealkylation sites (N-methyl/N-ethyl adjacent to an activating group) is 1. The minimum absolute atomic E-state index is 0.0696. The lowest BCUT2D eigenvalue weighted by Gasteiger charge is -2.40. The van der Waals surface area contributed by atoms with E-state index in [-0.39, 0.29) is 11.9 Å². The van der Waals surface area contributed by atoms with Gasteiger partial charge in [-0.15, -0.1) is 11.3 Å². The van der Waals surface area contributed by atoms with Crippen LogP contribution in [0.2, 0.25) is 0 Å². The summed E-state index contributed by atoms with van der Waals surface area (Å²) < 4.78 is 0. The van der Waals surface area contributed by atoms with Gasteiger partial charge < -0.3 is 5.73 Å². The third-order valence-corrected chi connectivity index (χ3v) is 7.24. The van der Waals surface area contributed by atoms with Gasteiger partial charge in [-0.3, -0.25) is 9.69 Å². The highest BCUT2D eigenvalue weighted by Gasteiger charge is 2.48. The van der Waals surface area contributed by atoms with Crippen LogP contribution in [0.3, 0.4) is 0 Å². The maximum absolute atomic E-state index is 13.5. The molecule has 3 aromatic rings. The van der Waals surface area contributed by atoms with Crippen LogP contribution in [-0.2, 0) is 10.3 Å². The molecule has 2 atom stereocenters. The van der Waals surface area contributed by atoms with Crippen molar-refractivity contribution in [3.8, 4) is 23.1 Å². The fraction of sp³-hybridized carbons (Fsp3) is 0.308. The molecule has 0 saturated heterocycles. The first kappa shape index (κ1) is 22.7. The van der Waals surface area contributed by atoms with Crippen LogP contribution < -0.4 is 5.73 Å². The molecule has 7 heteroatoms. The number of thiophene rings is 1. The Morgan fingerprint density at radius 1 is 1.18 bits per heavy atom. The summed E-state index contributed by atoms with van der Waals surface area (Å²) in [7, 11) is 1.67. The lowest BCUT2D eigenvalue weighted by molar-refractivity contribution is -0.130. The average molecular weight is 458 g/mol. The van der Waals surface area contributed by atoms with Crippen LogP contribution in [0.1, 0.15) is 61.2 Å². The number of amides is 1. The molecule has 3 heterocycles. The molecule has 1 amide bonds. The number of hydrogen-bond acceptors (Lipinski definition) is 6. The first-order valence-corrected chi connectivity index (χ1v) is 11.7. The van der Waals surface area contributed by atoms with E-state index in [0.29, 0.717) is 11.6 Å². The second kappa shape index (κ2) is 8.80. The number of guanidine groups is 1. The van der Waals surface area contributed by atoms with E-state index < -0.39 is 11.5 Å². The van der Waals surface area contributed by atoms with Crippen LogP contribution in [0.15, 0.2) is 53.1 Å².